The molecule has 2 aliphatic heterocycles. The van der Waals surface area contributed by atoms with Crippen LogP contribution in [0.2, 0.25) is 0 Å². The van der Waals surface area contributed by atoms with Gasteiger partial charge in [-0.2, -0.15) is 0 Å². The summed E-state index contributed by atoms with van der Waals surface area (Å²) >= 11 is 0. The normalized spacial score (nSPS) is 26.6. The molecule has 1 fully saturated rings. The SMILES string of the molecule is CO[C@H]1O[C@H](COC2C=C[C@H](OC(C)=O)[C@@H](COC(C)=O)O2)[C@@H](OCc2ccccc2)[C@H](OCc2ccccc2)[C@H]1OCc1ccccc1. The Morgan fingerprint density at radius 3 is 1.63 bits per heavy atom. The van der Waals surface area contributed by atoms with E-state index in [0.29, 0.717) is 13.2 Å². The van der Waals surface area contributed by atoms with E-state index in [-0.39, 0.29) is 19.8 Å². The molecular formula is C38H44O11. The van der Waals surface area contributed by atoms with Crippen molar-refractivity contribution in [2.24, 2.45) is 0 Å². The number of hydrogen-bond acceptors (Lipinski definition) is 11. The molecule has 0 bridgehead atoms. The van der Waals surface area contributed by atoms with Gasteiger partial charge in [0.1, 0.15) is 43.2 Å². The summed E-state index contributed by atoms with van der Waals surface area (Å²) in [4.78, 5) is 23.2. The first-order chi connectivity index (χ1) is 23.9. The lowest BCUT2D eigenvalue weighted by atomic mass is 9.97. The third-order valence-electron chi connectivity index (χ3n) is 7.99. The standard InChI is InChI=1S/C38H44O11/c1-26(39)42-24-32-31(47-27(2)40)19-20-34(48-32)43-25-33-35(44-21-28-13-7-4-8-14-28)36(45-22-29-15-9-5-10-16-29)37(38(41-3)49-33)46-23-30-17-11-6-12-18-30/h4-20,31-38H,21-25H2,1-3H3/t31-,32+,33+,34?,35+,36-,37+,38-/m0/s1. The molecule has 2 aliphatic rings. The fraction of sp³-hybridized carbons (Fsp3) is 0.421. The zero-order valence-corrected chi connectivity index (χ0v) is 28.0. The van der Waals surface area contributed by atoms with Crippen LogP contribution in [0, 0.1) is 0 Å². The summed E-state index contributed by atoms with van der Waals surface area (Å²) in [5.74, 6) is -0.974. The maximum absolute atomic E-state index is 11.7. The molecule has 3 aromatic rings. The van der Waals surface area contributed by atoms with Gasteiger partial charge in [-0.05, 0) is 28.8 Å². The minimum atomic E-state index is -0.859. The fourth-order valence-corrected chi connectivity index (χ4v) is 5.61. The topological polar surface area (TPSA) is 117 Å². The lowest BCUT2D eigenvalue weighted by Gasteiger charge is -2.45. The highest BCUT2D eigenvalue weighted by atomic mass is 16.7. The van der Waals surface area contributed by atoms with Gasteiger partial charge in [0.25, 0.3) is 0 Å². The quantitative estimate of drug-likeness (QED) is 0.152. The number of benzene rings is 3. The van der Waals surface area contributed by atoms with E-state index in [2.05, 4.69) is 0 Å². The smallest absolute Gasteiger partial charge is 0.303 e. The zero-order valence-electron chi connectivity index (χ0n) is 28.0. The summed E-state index contributed by atoms with van der Waals surface area (Å²) in [5.41, 5.74) is 2.95. The average Bonchev–Trinajstić information content (AvgIpc) is 3.12. The van der Waals surface area contributed by atoms with Gasteiger partial charge in [-0.25, -0.2) is 0 Å². The van der Waals surface area contributed by atoms with Crippen LogP contribution in [0.3, 0.4) is 0 Å². The summed E-state index contributed by atoms with van der Waals surface area (Å²) in [6.45, 7) is 3.38. The summed E-state index contributed by atoms with van der Waals surface area (Å²) in [5, 5.41) is 0. The molecule has 0 spiro atoms. The molecule has 11 heteroatoms. The number of methoxy groups -OCH3 is 1. The Balaban J connectivity index is 1.38. The maximum atomic E-state index is 11.7. The van der Waals surface area contributed by atoms with Crippen molar-refractivity contribution >= 4 is 11.9 Å². The van der Waals surface area contributed by atoms with Crippen molar-refractivity contribution in [2.75, 3.05) is 20.3 Å². The Morgan fingerprint density at radius 1 is 0.592 bits per heavy atom. The van der Waals surface area contributed by atoms with Crippen LogP contribution in [0.15, 0.2) is 103 Å². The van der Waals surface area contributed by atoms with E-state index >= 15 is 0 Å². The van der Waals surface area contributed by atoms with Gasteiger partial charge in [0.2, 0.25) is 0 Å². The monoisotopic (exact) mass is 676 g/mol. The van der Waals surface area contributed by atoms with E-state index in [0.717, 1.165) is 16.7 Å². The number of esters is 2. The lowest BCUT2D eigenvalue weighted by molar-refractivity contribution is -0.327. The molecule has 1 saturated heterocycles. The van der Waals surface area contributed by atoms with Crippen molar-refractivity contribution in [1.82, 2.24) is 0 Å². The van der Waals surface area contributed by atoms with Crippen LogP contribution >= 0.6 is 0 Å². The minimum Gasteiger partial charge on any atom is -0.463 e. The largest absolute Gasteiger partial charge is 0.463 e. The second kappa shape index (κ2) is 18.7. The van der Waals surface area contributed by atoms with Gasteiger partial charge in [-0.15, -0.1) is 0 Å². The van der Waals surface area contributed by atoms with Gasteiger partial charge in [-0.1, -0.05) is 91.0 Å². The van der Waals surface area contributed by atoms with Crippen LogP contribution in [0.25, 0.3) is 0 Å². The van der Waals surface area contributed by atoms with E-state index in [1.54, 1.807) is 19.3 Å². The molecule has 0 radical (unpaired) electrons. The first-order valence-electron chi connectivity index (χ1n) is 16.3. The lowest BCUT2D eigenvalue weighted by Crippen LogP contribution is -2.61. The Hall–Kier alpha value is -3.94. The van der Waals surface area contributed by atoms with E-state index in [1.165, 1.54) is 13.8 Å². The van der Waals surface area contributed by atoms with Gasteiger partial charge in [0.05, 0.1) is 26.4 Å². The number of carbonyl (C=O) groups excluding carboxylic acids is 2. The molecule has 0 N–H and O–H groups in total. The first-order valence-corrected chi connectivity index (χ1v) is 16.3. The van der Waals surface area contributed by atoms with Gasteiger partial charge in [-0.3, -0.25) is 9.59 Å². The molecule has 0 aliphatic carbocycles. The molecular weight excluding hydrogens is 632 g/mol. The van der Waals surface area contributed by atoms with Crippen molar-refractivity contribution < 1.29 is 52.2 Å². The van der Waals surface area contributed by atoms with Crippen LogP contribution in [-0.2, 0) is 72.0 Å². The first kappa shape index (κ1) is 36.3. The van der Waals surface area contributed by atoms with Gasteiger partial charge in [0.15, 0.2) is 12.6 Å². The van der Waals surface area contributed by atoms with Crippen LogP contribution in [-0.4, -0.2) is 81.5 Å². The third kappa shape index (κ3) is 11.0. The van der Waals surface area contributed by atoms with Crippen molar-refractivity contribution in [2.45, 2.75) is 82.9 Å². The van der Waals surface area contributed by atoms with E-state index in [4.69, 9.17) is 42.6 Å². The minimum absolute atomic E-state index is 0.0173. The second-order valence-corrected chi connectivity index (χ2v) is 11.7. The summed E-state index contributed by atoms with van der Waals surface area (Å²) in [6.07, 6.45) is -2.52. The third-order valence-corrected chi connectivity index (χ3v) is 7.99. The van der Waals surface area contributed by atoms with Gasteiger partial charge in [0, 0.05) is 21.0 Å². The number of rotatable bonds is 16. The summed E-state index contributed by atoms with van der Waals surface area (Å²) < 4.78 is 54.9. The molecule has 1 unspecified atom stereocenters. The molecule has 0 amide bonds. The van der Waals surface area contributed by atoms with Crippen molar-refractivity contribution in [3.8, 4) is 0 Å². The number of carbonyl (C=O) groups is 2. The highest BCUT2D eigenvalue weighted by Crippen LogP contribution is 2.32. The van der Waals surface area contributed by atoms with Crippen molar-refractivity contribution in [3.63, 3.8) is 0 Å². The molecule has 5 rings (SSSR count). The Labute approximate surface area is 286 Å². The summed E-state index contributed by atoms with van der Waals surface area (Å²) in [7, 11) is 1.56. The van der Waals surface area contributed by atoms with E-state index < -0.39 is 61.1 Å². The van der Waals surface area contributed by atoms with Crippen LogP contribution in [0.5, 0.6) is 0 Å². The molecule has 0 saturated carbocycles. The highest BCUT2D eigenvalue weighted by Gasteiger charge is 2.49. The number of hydrogen-bond donors (Lipinski definition) is 0. The summed E-state index contributed by atoms with van der Waals surface area (Å²) in [6, 6.07) is 29.5. The Morgan fingerprint density at radius 2 is 1.12 bits per heavy atom. The van der Waals surface area contributed by atoms with Gasteiger partial charge >= 0.3 is 11.9 Å². The second-order valence-electron chi connectivity index (χ2n) is 11.7. The zero-order chi connectivity index (χ0) is 34.4. The molecule has 49 heavy (non-hydrogen) atoms. The van der Waals surface area contributed by atoms with Crippen molar-refractivity contribution in [3.05, 3.63) is 120 Å². The van der Waals surface area contributed by atoms with E-state index in [9.17, 15) is 9.59 Å². The Kier molecular flexibility index (Phi) is 13.9. The van der Waals surface area contributed by atoms with Gasteiger partial charge < -0.3 is 42.6 Å². The average molecular weight is 677 g/mol. The molecule has 3 aromatic carbocycles. The molecule has 0 aromatic heterocycles. The van der Waals surface area contributed by atoms with Crippen LogP contribution < -0.4 is 0 Å². The van der Waals surface area contributed by atoms with E-state index in [1.807, 2.05) is 91.0 Å². The molecule has 11 nitrogen and oxygen atoms in total. The molecule has 262 valence electrons. The number of ether oxygens (including phenoxy) is 9. The van der Waals surface area contributed by atoms with Crippen LogP contribution in [0.1, 0.15) is 30.5 Å². The predicted molar refractivity (Wildman–Crippen MR) is 177 cm³/mol. The molecule has 8 atom stereocenters. The fourth-order valence-electron chi connectivity index (χ4n) is 5.61. The van der Waals surface area contributed by atoms with Crippen molar-refractivity contribution in [1.29, 1.82) is 0 Å². The molecule has 2 heterocycles. The van der Waals surface area contributed by atoms with Crippen LogP contribution in [0.4, 0.5) is 0 Å². The maximum Gasteiger partial charge on any atom is 0.303 e. The highest BCUT2D eigenvalue weighted by molar-refractivity contribution is 5.66. The predicted octanol–water partition coefficient (Wildman–Crippen LogP) is 4.91. The Bertz CT molecular complexity index is 1450.